The van der Waals surface area contributed by atoms with Gasteiger partial charge in [0.2, 0.25) is 5.78 Å². The first kappa shape index (κ1) is 13.0. The maximum absolute atomic E-state index is 13.2. The Kier molecular flexibility index (Phi) is 4.35. The number of hydrogen-bond acceptors (Lipinski definition) is 4. The van der Waals surface area contributed by atoms with Gasteiger partial charge in [0.1, 0.15) is 0 Å². The Morgan fingerprint density at radius 3 is 2.69 bits per heavy atom. The number of Topliss-reactive ketones (excluding diaryl/α,β-unsaturated/α-hetero) is 1. The molecule has 1 fully saturated rings. The van der Waals surface area contributed by atoms with E-state index in [1.807, 2.05) is 0 Å². The Morgan fingerprint density at radius 1 is 1.50 bits per heavy atom. The predicted octanol–water partition coefficient (Wildman–Crippen LogP) is 1.32. The van der Waals surface area contributed by atoms with Crippen LogP contribution in [0.25, 0.3) is 0 Å². The van der Waals surface area contributed by atoms with E-state index in [0.29, 0.717) is 13.0 Å². The van der Waals surface area contributed by atoms with Gasteiger partial charge in [0.15, 0.2) is 0 Å². The van der Waals surface area contributed by atoms with Crippen molar-refractivity contribution in [2.75, 3.05) is 13.2 Å². The van der Waals surface area contributed by atoms with E-state index in [2.05, 4.69) is 4.74 Å². The molecule has 1 rings (SSSR count). The lowest BCUT2D eigenvalue weighted by molar-refractivity contribution is -0.177. The lowest BCUT2D eigenvalue weighted by Gasteiger charge is -2.15. The van der Waals surface area contributed by atoms with Crippen molar-refractivity contribution < 1.29 is 27.8 Å². The number of alkyl halides is 2. The maximum Gasteiger partial charge on any atom is 0.399 e. The second-order valence-electron chi connectivity index (χ2n) is 3.56. The highest BCUT2D eigenvalue weighted by atomic mass is 19.3. The van der Waals surface area contributed by atoms with Crippen molar-refractivity contribution in [1.82, 2.24) is 0 Å². The number of rotatable bonds is 5. The fourth-order valence-electron chi connectivity index (χ4n) is 1.48. The summed E-state index contributed by atoms with van der Waals surface area (Å²) in [4.78, 5) is 22.1. The summed E-state index contributed by atoms with van der Waals surface area (Å²) in [7, 11) is 0. The average molecular weight is 236 g/mol. The molecule has 0 saturated carbocycles. The van der Waals surface area contributed by atoms with Crippen LogP contribution in [-0.2, 0) is 19.1 Å². The third-order valence-electron chi connectivity index (χ3n) is 2.32. The quantitative estimate of drug-likeness (QED) is 0.533. The highest BCUT2D eigenvalue weighted by Crippen LogP contribution is 2.23. The van der Waals surface area contributed by atoms with Gasteiger partial charge in [0.05, 0.1) is 12.7 Å². The molecule has 4 nitrogen and oxygen atoms in total. The molecule has 0 N–H and O–H groups in total. The zero-order valence-corrected chi connectivity index (χ0v) is 9.00. The number of esters is 1. The van der Waals surface area contributed by atoms with E-state index in [-0.39, 0.29) is 6.61 Å². The van der Waals surface area contributed by atoms with Crippen LogP contribution >= 0.6 is 0 Å². The summed E-state index contributed by atoms with van der Waals surface area (Å²) >= 11 is 0. The Balaban J connectivity index is 2.53. The molecule has 0 spiro atoms. The van der Waals surface area contributed by atoms with Crippen molar-refractivity contribution in [3.05, 3.63) is 0 Å². The summed E-state index contributed by atoms with van der Waals surface area (Å²) in [5.41, 5.74) is 0. The van der Waals surface area contributed by atoms with Crippen molar-refractivity contribution in [3.63, 3.8) is 0 Å². The number of carbonyl (C=O) groups is 2. The van der Waals surface area contributed by atoms with E-state index in [1.165, 1.54) is 6.92 Å². The molecule has 1 saturated heterocycles. The third kappa shape index (κ3) is 2.98. The van der Waals surface area contributed by atoms with Crippen molar-refractivity contribution in [3.8, 4) is 0 Å². The molecule has 0 aromatic heterocycles. The van der Waals surface area contributed by atoms with Crippen molar-refractivity contribution in [2.24, 2.45) is 0 Å². The third-order valence-corrected chi connectivity index (χ3v) is 2.32. The lowest BCUT2D eigenvalue weighted by atomic mass is 10.1. The zero-order valence-electron chi connectivity index (χ0n) is 9.00. The van der Waals surface area contributed by atoms with Crippen LogP contribution in [0.5, 0.6) is 0 Å². The fraction of sp³-hybridized carbons (Fsp3) is 0.800. The molecular formula is C10H14F2O4. The monoisotopic (exact) mass is 236 g/mol. The van der Waals surface area contributed by atoms with E-state index < -0.39 is 30.2 Å². The largest absolute Gasteiger partial charge is 0.461 e. The molecule has 1 atom stereocenters. The lowest BCUT2D eigenvalue weighted by Crippen LogP contribution is -2.40. The molecule has 1 aliphatic rings. The molecule has 0 aromatic rings. The number of halogens is 2. The van der Waals surface area contributed by atoms with Crippen molar-refractivity contribution in [1.29, 1.82) is 0 Å². The first-order valence-corrected chi connectivity index (χ1v) is 5.18. The van der Waals surface area contributed by atoms with E-state index in [4.69, 9.17) is 4.74 Å². The summed E-state index contributed by atoms with van der Waals surface area (Å²) in [5, 5.41) is 0. The number of carbonyl (C=O) groups excluding carboxylic acids is 2. The van der Waals surface area contributed by atoms with E-state index in [1.54, 1.807) is 0 Å². The molecule has 92 valence electrons. The van der Waals surface area contributed by atoms with Crippen LogP contribution in [0, 0.1) is 0 Å². The van der Waals surface area contributed by atoms with Gasteiger partial charge in [-0.3, -0.25) is 4.79 Å². The number of ketones is 1. The second-order valence-corrected chi connectivity index (χ2v) is 3.56. The van der Waals surface area contributed by atoms with Gasteiger partial charge in [-0.1, -0.05) is 0 Å². The minimum atomic E-state index is -4.05. The molecule has 6 heteroatoms. The first-order valence-electron chi connectivity index (χ1n) is 5.18. The summed E-state index contributed by atoms with van der Waals surface area (Å²) in [6, 6.07) is 0. The Labute approximate surface area is 91.9 Å². The number of ether oxygens (including phenoxy) is 2. The molecule has 0 aromatic carbocycles. The van der Waals surface area contributed by atoms with Gasteiger partial charge in [0, 0.05) is 13.0 Å². The molecule has 0 aliphatic carbocycles. The molecule has 1 heterocycles. The Hall–Kier alpha value is -1.04. The highest BCUT2D eigenvalue weighted by Gasteiger charge is 2.49. The van der Waals surface area contributed by atoms with Crippen LogP contribution in [0.2, 0.25) is 0 Å². The molecule has 1 unspecified atom stereocenters. The standard InChI is InChI=1S/C10H14F2O4/c1-2-15-9(14)10(11,12)8(13)6-7-4-3-5-16-7/h7H,2-6H2,1H3. The van der Waals surface area contributed by atoms with Crippen molar-refractivity contribution in [2.45, 2.75) is 38.2 Å². The maximum atomic E-state index is 13.2. The van der Waals surface area contributed by atoms with E-state index in [9.17, 15) is 18.4 Å². The minimum absolute atomic E-state index is 0.179. The Morgan fingerprint density at radius 2 is 2.19 bits per heavy atom. The normalized spacial score (nSPS) is 20.8. The average Bonchev–Trinajstić information content (AvgIpc) is 2.70. The van der Waals surface area contributed by atoms with Crippen LogP contribution in [-0.4, -0.2) is 37.0 Å². The van der Waals surface area contributed by atoms with E-state index in [0.717, 1.165) is 6.42 Å². The van der Waals surface area contributed by atoms with Crippen LogP contribution in [0.4, 0.5) is 8.78 Å². The topological polar surface area (TPSA) is 52.6 Å². The second kappa shape index (κ2) is 5.34. The summed E-state index contributed by atoms with van der Waals surface area (Å²) in [6.07, 6.45) is 0.396. The zero-order chi connectivity index (χ0) is 12.2. The molecule has 0 amide bonds. The molecule has 0 bridgehead atoms. The van der Waals surface area contributed by atoms with Crippen molar-refractivity contribution >= 4 is 11.8 Å². The van der Waals surface area contributed by atoms with Gasteiger partial charge in [-0.15, -0.1) is 0 Å². The molecule has 16 heavy (non-hydrogen) atoms. The summed E-state index contributed by atoms with van der Waals surface area (Å²) in [5.74, 6) is -7.27. The van der Waals surface area contributed by atoms with Crippen LogP contribution in [0.3, 0.4) is 0 Å². The molecule has 0 radical (unpaired) electrons. The summed E-state index contributed by atoms with van der Waals surface area (Å²) < 4.78 is 35.5. The van der Waals surface area contributed by atoms with Gasteiger partial charge in [-0.25, -0.2) is 4.79 Å². The fourth-order valence-corrected chi connectivity index (χ4v) is 1.48. The first-order chi connectivity index (χ1) is 7.48. The smallest absolute Gasteiger partial charge is 0.399 e. The summed E-state index contributed by atoms with van der Waals surface area (Å²) in [6.45, 7) is 1.70. The molecule has 1 aliphatic heterocycles. The van der Waals surface area contributed by atoms with Gasteiger partial charge < -0.3 is 9.47 Å². The minimum Gasteiger partial charge on any atom is -0.461 e. The van der Waals surface area contributed by atoms with Gasteiger partial charge in [-0.2, -0.15) is 8.78 Å². The molecular weight excluding hydrogens is 222 g/mol. The van der Waals surface area contributed by atoms with Gasteiger partial charge in [-0.05, 0) is 19.8 Å². The van der Waals surface area contributed by atoms with E-state index >= 15 is 0 Å². The van der Waals surface area contributed by atoms with Crippen LogP contribution < -0.4 is 0 Å². The van der Waals surface area contributed by atoms with Gasteiger partial charge >= 0.3 is 11.9 Å². The Bertz CT molecular complexity index is 272. The SMILES string of the molecule is CCOC(=O)C(F)(F)C(=O)CC1CCCO1. The predicted molar refractivity (Wildman–Crippen MR) is 50.2 cm³/mol. The van der Waals surface area contributed by atoms with Gasteiger partial charge in [0.25, 0.3) is 0 Å². The number of hydrogen-bond donors (Lipinski definition) is 0. The highest BCUT2D eigenvalue weighted by molar-refractivity contribution is 6.05. The van der Waals surface area contributed by atoms with Crippen LogP contribution in [0.1, 0.15) is 26.2 Å². The van der Waals surface area contributed by atoms with Crippen LogP contribution in [0.15, 0.2) is 0 Å².